The summed E-state index contributed by atoms with van der Waals surface area (Å²) in [6, 6.07) is 0.149. The number of hydrogen-bond acceptors (Lipinski definition) is 2. The van der Waals surface area contributed by atoms with Gasteiger partial charge in [0.15, 0.2) is 0 Å². The summed E-state index contributed by atoms with van der Waals surface area (Å²) in [6.45, 7) is 2.23. The predicted molar refractivity (Wildman–Crippen MR) is 56.3 cm³/mol. The quantitative estimate of drug-likeness (QED) is 0.679. The Bertz CT molecular complexity index is 229. The van der Waals surface area contributed by atoms with E-state index in [0.29, 0.717) is 6.04 Å². The number of nitrogens with one attached hydrogen (secondary N) is 1. The van der Waals surface area contributed by atoms with E-state index >= 15 is 0 Å². The first kappa shape index (κ1) is 11.5. The van der Waals surface area contributed by atoms with E-state index in [1.165, 1.54) is 19.3 Å². The molecule has 0 amide bonds. The molecule has 2 aliphatic rings. The van der Waals surface area contributed by atoms with Crippen LogP contribution in [0, 0.1) is 5.41 Å². The van der Waals surface area contributed by atoms with Gasteiger partial charge in [-0.05, 0) is 24.7 Å². The van der Waals surface area contributed by atoms with Crippen molar-refractivity contribution in [1.82, 2.24) is 5.32 Å². The number of carboxylic acids is 1. The summed E-state index contributed by atoms with van der Waals surface area (Å²) in [5.74, 6) is -0.685. The highest BCUT2D eigenvalue weighted by molar-refractivity contribution is 5.74. The molecule has 0 spiro atoms. The van der Waals surface area contributed by atoms with Crippen molar-refractivity contribution in [3.05, 3.63) is 0 Å². The molecule has 3 atom stereocenters. The van der Waals surface area contributed by atoms with E-state index in [9.17, 15) is 4.79 Å². The Labute approximate surface area is 85.9 Å². The van der Waals surface area contributed by atoms with Crippen molar-refractivity contribution in [3.8, 4) is 0 Å². The van der Waals surface area contributed by atoms with E-state index < -0.39 is 5.97 Å². The van der Waals surface area contributed by atoms with Crippen LogP contribution < -0.4 is 5.32 Å². The molecule has 1 aliphatic carbocycles. The lowest BCUT2D eigenvalue weighted by Crippen LogP contribution is -2.39. The molecule has 0 radical (unpaired) electrons. The van der Waals surface area contributed by atoms with Gasteiger partial charge in [0.1, 0.15) is 6.04 Å². The van der Waals surface area contributed by atoms with Crippen molar-refractivity contribution in [2.75, 3.05) is 0 Å². The van der Waals surface area contributed by atoms with Crippen molar-refractivity contribution >= 4 is 5.97 Å². The zero-order valence-corrected chi connectivity index (χ0v) is 8.05. The minimum atomic E-state index is -0.685. The van der Waals surface area contributed by atoms with Crippen LogP contribution in [0.5, 0.6) is 0 Å². The van der Waals surface area contributed by atoms with Gasteiger partial charge in [0.2, 0.25) is 0 Å². The second-order valence-electron chi connectivity index (χ2n) is 4.71. The average molecular weight is 199 g/mol. The van der Waals surface area contributed by atoms with Crippen LogP contribution in [-0.2, 0) is 4.79 Å². The van der Waals surface area contributed by atoms with Crippen LogP contribution in [-0.4, -0.2) is 23.2 Å². The topological polar surface area (TPSA) is 49.3 Å². The molecule has 0 bridgehead atoms. The maximum absolute atomic E-state index is 10.8. The molecule has 1 aliphatic heterocycles. The van der Waals surface area contributed by atoms with Crippen LogP contribution in [0.15, 0.2) is 0 Å². The van der Waals surface area contributed by atoms with E-state index in [2.05, 4.69) is 12.2 Å². The van der Waals surface area contributed by atoms with Crippen LogP contribution in [0.2, 0.25) is 0 Å². The number of carbonyl (C=O) groups is 1. The van der Waals surface area contributed by atoms with Crippen molar-refractivity contribution in [3.63, 3.8) is 0 Å². The molecule has 2 rings (SSSR count). The molecule has 1 heterocycles. The molecule has 0 aromatic rings. The first-order chi connectivity index (χ1) is 6.12. The molecule has 0 aromatic carbocycles. The molecule has 3 heteroatoms. The maximum Gasteiger partial charge on any atom is 0.320 e. The van der Waals surface area contributed by atoms with Gasteiger partial charge in [-0.2, -0.15) is 0 Å². The molecular weight excluding hydrogens is 178 g/mol. The Balaban J connectivity index is 0.000000980. The van der Waals surface area contributed by atoms with Gasteiger partial charge in [0, 0.05) is 6.04 Å². The zero-order valence-electron chi connectivity index (χ0n) is 8.05. The molecule has 0 aromatic heterocycles. The third-order valence-electron chi connectivity index (χ3n) is 3.70. The lowest BCUT2D eigenvalue weighted by Gasteiger charge is -2.35. The van der Waals surface area contributed by atoms with Gasteiger partial charge in [-0.25, -0.2) is 0 Å². The van der Waals surface area contributed by atoms with Crippen molar-refractivity contribution in [2.24, 2.45) is 5.41 Å². The number of fused-ring (bicyclic) bond motifs is 1. The van der Waals surface area contributed by atoms with Gasteiger partial charge in [-0.15, -0.1) is 0 Å². The fourth-order valence-corrected chi connectivity index (χ4v) is 2.86. The summed E-state index contributed by atoms with van der Waals surface area (Å²) in [4.78, 5) is 10.8. The highest BCUT2D eigenvalue weighted by Gasteiger charge is 2.46. The van der Waals surface area contributed by atoms with E-state index in [4.69, 9.17) is 5.11 Å². The van der Waals surface area contributed by atoms with Gasteiger partial charge in [0.05, 0.1) is 0 Å². The molecule has 1 saturated carbocycles. The maximum atomic E-state index is 10.8. The first-order valence-corrected chi connectivity index (χ1v) is 5.11. The van der Waals surface area contributed by atoms with Crippen molar-refractivity contribution in [2.45, 2.75) is 58.5 Å². The number of carboxylic acid groups (broad SMARTS) is 1. The molecule has 1 saturated heterocycles. The standard InChI is InChI=1S/C10H17NO2.CH4/c1-10-5-3-2-4-8(10)11-7(6-10)9(12)13;/h7-8,11H,2-6H2,1H3,(H,12,13);1H4/t7-,8?,10-;/m0./s1. The zero-order chi connectivity index (χ0) is 9.47. The number of hydrogen-bond donors (Lipinski definition) is 2. The Morgan fingerprint density at radius 2 is 2.21 bits per heavy atom. The summed E-state index contributed by atoms with van der Waals surface area (Å²) in [5, 5.41) is 12.1. The average Bonchev–Trinajstić information content (AvgIpc) is 2.41. The van der Waals surface area contributed by atoms with Crippen molar-refractivity contribution < 1.29 is 9.90 Å². The van der Waals surface area contributed by atoms with E-state index in [1.807, 2.05) is 0 Å². The largest absolute Gasteiger partial charge is 0.480 e. The lowest BCUT2D eigenvalue weighted by atomic mass is 9.72. The first-order valence-electron chi connectivity index (χ1n) is 5.11. The van der Waals surface area contributed by atoms with Crippen molar-refractivity contribution in [1.29, 1.82) is 0 Å². The molecule has 14 heavy (non-hydrogen) atoms. The summed E-state index contributed by atoms with van der Waals surface area (Å²) < 4.78 is 0. The molecule has 2 N–H and O–H groups in total. The minimum Gasteiger partial charge on any atom is -0.480 e. The molecule has 82 valence electrons. The van der Waals surface area contributed by atoms with E-state index in [-0.39, 0.29) is 18.9 Å². The van der Waals surface area contributed by atoms with Gasteiger partial charge < -0.3 is 10.4 Å². The van der Waals surface area contributed by atoms with E-state index in [1.54, 1.807) is 0 Å². The van der Waals surface area contributed by atoms with Crippen LogP contribution in [0.25, 0.3) is 0 Å². The summed E-state index contributed by atoms with van der Waals surface area (Å²) >= 11 is 0. The second kappa shape index (κ2) is 3.89. The summed E-state index contributed by atoms with van der Waals surface area (Å²) in [5.41, 5.74) is 0.251. The summed E-state index contributed by atoms with van der Waals surface area (Å²) in [6.07, 6.45) is 5.67. The van der Waals surface area contributed by atoms with Crippen LogP contribution >= 0.6 is 0 Å². The second-order valence-corrected chi connectivity index (χ2v) is 4.71. The Morgan fingerprint density at radius 1 is 1.50 bits per heavy atom. The third kappa shape index (κ3) is 1.78. The smallest absolute Gasteiger partial charge is 0.320 e. The molecular formula is C11H21NO2. The minimum absolute atomic E-state index is 0. The molecule has 2 fully saturated rings. The highest BCUT2D eigenvalue weighted by atomic mass is 16.4. The fourth-order valence-electron chi connectivity index (χ4n) is 2.86. The monoisotopic (exact) mass is 199 g/mol. The molecule has 1 unspecified atom stereocenters. The normalized spacial score (nSPS) is 41.2. The van der Waals surface area contributed by atoms with Gasteiger partial charge in [-0.1, -0.05) is 27.2 Å². The van der Waals surface area contributed by atoms with Crippen LogP contribution in [0.4, 0.5) is 0 Å². The SMILES string of the molecule is C.C[C@@]12CCCCC1N[C@H](C(=O)O)C2. The van der Waals surface area contributed by atoms with Gasteiger partial charge >= 0.3 is 5.97 Å². The van der Waals surface area contributed by atoms with Crippen LogP contribution in [0.3, 0.4) is 0 Å². The lowest BCUT2D eigenvalue weighted by molar-refractivity contribution is -0.139. The Kier molecular flexibility index (Phi) is 3.20. The Hall–Kier alpha value is -0.570. The fraction of sp³-hybridized carbons (Fsp3) is 0.909. The molecule has 3 nitrogen and oxygen atoms in total. The number of rotatable bonds is 1. The van der Waals surface area contributed by atoms with Crippen LogP contribution in [0.1, 0.15) is 46.5 Å². The van der Waals surface area contributed by atoms with Gasteiger partial charge in [-0.3, -0.25) is 4.79 Å². The summed E-state index contributed by atoms with van der Waals surface area (Å²) in [7, 11) is 0. The third-order valence-corrected chi connectivity index (χ3v) is 3.70. The van der Waals surface area contributed by atoms with Gasteiger partial charge in [0.25, 0.3) is 0 Å². The van der Waals surface area contributed by atoms with E-state index in [0.717, 1.165) is 12.8 Å². The number of aliphatic carboxylic acids is 1. The Morgan fingerprint density at radius 3 is 2.79 bits per heavy atom. The highest BCUT2D eigenvalue weighted by Crippen LogP contribution is 2.44. The predicted octanol–water partition coefficient (Wildman–Crippen LogP) is 2.02.